The molecule has 0 bridgehead atoms. The van der Waals surface area contributed by atoms with E-state index in [1.807, 2.05) is 30.3 Å². The first kappa shape index (κ1) is 23.2. The molecule has 1 aliphatic carbocycles. The van der Waals surface area contributed by atoms with Crippen LogP contribution in [0, 0.1) is 5.92 Å². The number of esters is 2. The summed E-state index contributed by atoms with van der Waals surface area (Å²) in [5, 5.41) is 15.4. The third-order valence-electron chi connectivity index (χ3n) is 6.22. The Kier molecular flexibility index (Phi) is 7.67. The zero-order valence-corrected chi connectivity index (χ0v) is 18.1. The van der Waals surface area contributed by atoms with Crippen molar-refractivity contribution in [1.29, 1.82) is 0 Å². The Morgan fingerprint density at radius 1 is 1.26 bits per heavy atom. The standard InChI is InChI=1S/C23H32N2O6/c1-3-30-22(29)18(12-11-16-8-5-4-6-9-16)24-15(2)21(28)31-23-13-7-10-17(23)14-19(25-23)20(26)27/h4-6,8-9,15,17-19,24-25H,3,7,10-14H2,1-2H3,(H,26,27)/t15-,17-,18-,19-,23-/m0/s1. The fraction of sp³-hybridized carbons (Fsp3) is 0.609. The van der Waals surface area contributed by atoms with E-state index in [0.29, 0.717) is 25.7 Å². The molecule has 1 saturated heterocycles. The van der Waals surface area contributed by atoms with Crippen molar-refractivity contribution in [2.45, 2.75) is 76.2 Å². The molecule has 31 heavy (non-hydrogen) atoms. The molecule has 0 unspecified atom stereocenters. The number of hydrogen-bond donors (Lipinski definition) is 3. The van der Waals surface area contributed by atoms with E-state index in [-0.39, 0.29) is 12.5 Å². The van der Waals surface area contributed by atoms with Gasteiger partial charge in [-0.05, 0) is 51.5 Å². The highest BCUT2D eigenvalue weighted by molar-refractivity contribution is 5.80. The molecule has 3 rings (SSSR count). The molecule has 0 aromatic heterocycles. The molecule has 2 aliphatic rings. The van der Waals surface area contributed by atoms with Crippen molar-refractivity contribution < 1.29 is 29.0 Å². The molecule has 1 aromatic rings. The molecule has 1 aliphatic heterocycles. The van der Waals surface area contributed by atoms with Crippen LogP contribution in [0.3, 0.4) is 0 Å². The number of ether oxygens (including phenoxy) is 2. The van der Waals surface area contributed by atoms with Crippen LogP contribution in [-0.2, 0) is 30.3 Å². The Balaban J connectivity index is 1.62. The number of fused-ring (bicyclic) bond motifs is 1. The van der Waals surface area contributed by atoms with Gasteiger partial charge in [-0.2, -0.15) is 0 Å². The molecular weight excluding hydrogens is 400 g/mol. The van der Waals surface area contributed by atoms with Crippen molar-refractivity contribution in [3.8, 4) is 0 Å². The van der Waals surface area contributed by atoms with Crippen LogP contribution < -0.4 is 10.6 Å². The Morgan fingerprint density at radius 2 is 2.00 bits per heavy atom. The van der Waals surface area contributed by atoms with E-state index in [9.17, 15) is 19.5 Å². The molecule has 0 spiro atoms. The summed E-state index contributed by atoms with van der Waals surface area (Å²) in [5.41, 5.74) is 0.163. The summed E-state index contributed by atoms with van der Waals surface area (Å²) in [5.74, 6) is -1.85. The first-order chi connectivity index (χ1) is 14.8. The first-order valence-corrected chi connectivity index (χ1v) is 11.0. The fourth-order valence-corrected chi connectivity index (χ4v) is 4.62. The van der Waals surface area contributed by atoms with Crippen molar-refractivity contribution in [2.24, 2.45) is 5.92 Å². The van der Waals surface area contributed by atoms with Gasteiger partial charge in [-0.3, -0.25) is 25.0 Å². The average Bonchev–Trinajstić information content (AvgIpc) is 3.28. The Labute approximate surface area is 182 Å². The van der Waals surface area contributed by atoms with Crippen molar-refractivity contribution in [2.75, 3.05) is 6.61 Å². The number of carboxylic acids is 1. The summed E-state index contributed by atoms with van der Waals surface area (Å²) in [6.45, 7) is 3.65. The summed E-state index contributed by atoms with van der Waals surface area (Å²) in [6, 6.07) is 7.70. The lowest BCUT2D eigenvalue weighted by Gasteiger charge is -2.32. The minimum atomic E-state index is -0.931. The van der Waals surface area contributed by atoms with E-state index in [2.05, 4.69) is 10.6 Å². The lowest BCUT2D eigenvalue weighted by atomic mass is 9.99. The van der Waals surface area contributed by atoms with E-state index in [1.54, 1.807) is 13.8 Å². The second-order valence-corrected chi connectivity index (χ2v) is 8.39. The summed E-state index contributed by atoms with van der Waals surface area (Å²) in [7, 11) is 0. The zero-order chi connectivity index (χ0) is 22.4. The number of aryl methyl sites for hydroxylation is 1. The second-order valence-electron chi connectivity index (χ2n) is 8.39. The van der Waals surface area contributed by atoms with Crippen LogP contribution in [0.25, 0.3) is 0 Å². The second kappa shape index (κ2) is 10.2. The largest absolute Gasteiger partial charge is 0.480 e. The molecule has 3 N–H and O–H groups in total. The minimum absolute atomic E-state index is 0.0105. The predicted molar refractivity (Wildman–Crippen MR) is 113 cm³/mol. The quantitative estimate of drug-likeness (QED) is 0.481. The van der Waals surface area contributed by atoms with Crippen LogP contribution >= 0.6 is 0 Å². The molecule has 8 nitrogen and oxygen atoms in total. The third-order valence-corrected chi connectivity index (χ3v) is 6.22. The number of nitrogens with one attached hydrogen (secondary N) is 2. The number of rotatable bonds is 10. The van der Waals surface area contributed by atoms with E-state index in [0.717, 1.165) is 18.4 Å². The smallest absolute Gasteiger partial charge is 0.324 e. The number of carbonyl (C=O) groups excluding carboxylic acids is 2. The highest BCUT2D eigenvalue weighted by Crippen LogP contribution is 2.44. The Hall–Kier alpha value is -2.45. The van der Waals surface area contributed by atoms with Crippen LogP contribution in [0.5, 0.6) is 0 Å². The maximum absolute atomic E-state index is 12.9. The van der Waals surface area contributed by atoms with E-state index in [1.165, 1.54) is 0 Å². The van der Waals surface area contributed by atoms with Crippen molar-refractivity contribution in [3.63, 3.8) is 0 Å². The Morgan fingerprint density at radius 3 is 2.68 bits per heavy atom. The van der Waals surface area contributed by atoms with Crippen LogP contribution in [0.2, 0.25) is 0 Å². The minimum Gasteiger partial charge on any atom is -0.480 e. The SMILES string of the molecule is CCOC(=O)[C@H](CCc1ccccc1)N[C@@H](C)C(=O)O[C@@]12CCC[C@H]1C[C@@H](C(=O)O)N2. The summed E-state index contributed by atoms with van der Waals surface area (Å²) >= 11 is 0. The highest BCUT2D eigenvalue weighted by Gasteiger charge is 2.54. The van der Waals surface area contributed by atoms with Gasteiger partial charge in [-0.15, -0.1) is 0 Å². The predicted octanol–water partition coefficient (Wildman–Crippen LogP) is 2.02. The van der Waals surface area contributed by atoms with Crippen LogP contribution in [0.1, 0.15) is 51.5 Å². The molecule has 1 saturated carbocycles. The topological polar surface area (TPSA) is 114 Å². The third kappa shape index (κ3) is 5.62. The Bertz CT molecular complexity index is 786. The summed E-state index contributed by atoms with van der Waals surface area (Å²) in [6.07, 6.45) is 3.89. The maximum atomic E-state index is 12.9. The molecule has 170 valence electrons. The van der Waals surface area contributed by atoms with Crippen LogP contribution in [0.4, 0.5) is 0 Å². The molecule has 0 amide bonds. The molecule has 2 fully saturated rings. The lowest BCUT2D eigenvalue weighted by molar-refractivity contribution is -0.168. The van der Waals surface area contributed by atoms with Crippen molar-refractivity contribution in [3.05, 3.63) is 35.9 Å². The van der Waals surface area contributed by atoms with Gasteiger partial charge in [0.1, 0.15) is 18.1 Å². The molecular formula is C23H32N2O6. The van der Waals surface area contributed by atoms with Crippen molar-refractivity contribution >= 4 is 17.9 Å². The van der Waals surface area contributed by atoms with Gasteiger partial charge in [0.05, 0.1) is 6.61 Å². The number of hydrogen-bond acceptors (Lipinski definition) is 7. The van der Waals surface area contributed by atoms with Gasteiger partial charge in [0.15, 0.2) is 5.72 Å². The fourth-order valence-electron chi connectivity index (χ4n) is 4.62. The van der Waals surface area contributed by atoms with Gasteiger partial charge < -0.3 is 14.6 Å². The van der Waals surface area contributed by atoms with E-state index < -0.39 is 41.8 Å². The number of benzene rings is 1. The molecule has 8 heteroatoms. The zero-order valence-electron chi connectivity index (χ0n) is 18.1. The number of carboxylic acid groups (broad SMARTS) is 1. The van der Waals surface area contributed by atoms with Gasteiger partial charge in [0, 0.05) is 12.3 Å². The van der Waals surface area contributed by atoms with E-state index in [4.69, 9.17) is 9.47 Å². The molecule has 5 atom stereocenters. The summed E-state index contributed by atoms with van der Waals surface area (Å²) < 4.78 is 11.0. The van der Waals surface area contributed by atoms with Crippen LogP contribution in [-0.4, -0.2) is 53.5 Å². The number of carbonyl (C=O) groups is 3. The van der Waals surface area contributed by atoms with Gasteiger partial charge in [-0.25, -0.2) is 0 Å². The monoisotopic (exact) mass is 432 g/mol. The molecule has 0 radical (unpaired) electrons. The lowest BCUT2D eigenvalue weighted by Crippen LogP contribution is -2.54. The van der Waals surface area contributed by atoms with E-state index >= 15 is 0 Å². The first-order valence-electron chi connectivity index (χ1n) is 11.0. The summed E-state index contributed by atoms with van der Waals surface area (Å²) in [4.78, 5) is 36.7. The van der Waals surface area contributed by atoms with Gasteiger partial charge >= 0.3 is 17.9 Å². The molecule has 1 aromatic carbocycles. The van der Waals surface area contributed by atoms with Gasteiger partial charge in [0.25, 0.3) is 0 Å². The van der Waals surface area contributed by atoms with Gasteiger partial charge in [0.2, 0.25) is 0 Å². The van der Waals surface area contributed by atoms with Gasteiger partial charge in [-0.1, -0.05) is 30.3 Å². The maximum Gasteiger partial charge on any atom is 0.324 e. The molecule has 1 heterocycles. The normalized spacial score (nSPS) is 26.6. The van der Waals surface area contributed by atoms with Crippen LogP contribution in [0.15, 0.2) is 30.3 Å². The number of aliphatic carboxylic acids is 1. The highest BCUT2D eigenvalue weighted by atomic mass is 16.6. The van der Waals surface area contributed by atoms with Crippen molar-refractivity contribution in [1.82, 2.24) is 10.6 Å². The average molecular weight is 433 g/mol.